The molecule has 3 aromatic carbocycles. The first-order valence-electron chi connectivity index (χ1n) is 10.4. The van der Waals surface area contributed by atoms with Crippen LogP contribution in [0.3, 0.4) is 0 Å². The summed E-state index contributed by atoms with van der Waals surface area (Å²) >= 11 is 5.95. The molecule has 0 unspecified atom stereocenters. The molecule has 4 rings (SSSR count). The molecule has 172 valence electrons. The van der Waals surface area contributed by atoms with Crippen LogP contribution < -0.4 is 24.3 Å². The number of nitrogens with zero attached hydrogens (tertiary/aromatic N) is 1. The molecule has 0 aromatic heterocycles. The Morgan fingerprint density at radius 2 is 1.88 bits per heavy atom. The summed E-state index contributed by atoms with van der Waals surface area (Å²) in [6, 6.07) is 19.9. The number of benzene rings is 3. The summed E-state index contributed by atoms with van der Waals surface area (Å²) in [6.07, 6.45) is 1.48. The minimum atomic E-state index is -0.508. The van der Waals surface area contributed by atoms with Crippen LogP contribution in [0.15, 0.2) is 66.2 Å². The molecule has 7 nitrogen and oxygen atoms in total. The number of carbonyl (C=O) groups is 1. The molecule has 1 N–H and O–H groups in total. The number of amides is 1. The Kier molecular flexibility index (Phi) is 7.21. The molecule has 34 heavy (non-hydrogen) atoms. The third kappa shape index (κ3) is 5.42. The number of rotatable bonds is 8. The van der Waals surface area contributed by atoms with Gasteiger partial charge in [-0.15, -0.1) is 0 Å². The Bertz CT molecular complexity index is 1270. The number of methoxy groups -OCH3 is 1. The van der Waals surface area contributed by atoms with E-state index in [1.807, 2.05) is 24.3 Å². The number of hydrogen-bond donors (Lipinski definition) is 1. The molecule has 0 fully saturated rings. The van der Waals surface area contributed by atoms with E-state index in [1.54, 1.807) is 42.5 Å². The summed E-state index contributed by atoms with van der Waals surface area (Å²) in [7, 11) is 1.53. The first kappa shape index (κ1) is 23.0. The highest BCUT2D eigenvalue weighted by Crippen LogP contribution is 2.34. The molecule has 1 aliphatic rings. The summed E-state index contributed by atoms with van der Waals surface area (Å²) in [4.78, 5) is 12.7. The SMILES string of the molecule is COc1cccc(/C=C(\C#N)C(=O)NCc2ccc3c(c2)OCO3)c1OCc1ccc(Cl)cc1. The third-order valence-corrected chi connectivity index (χ3v) is 5.33. The highest BCUT2D eigenvalue weighted by Gasteiger charge is 2.16. The van der Waals surface area contributed by atoms with Crippen molar-refractivity contribution in [3.8, 4) is 29.1 Å². The average molecular weight is 477 g/mol. The second-order valence-electron chi connectivity index (χ2n) is 7.33. The van der Waals surface area contributed by atoms with Crippen LogP contribution >= 0.6 is 11.6 Å². The number of nitrogens with one attached hydrogen (secondary N) is 1. The van der Waals surface area contributed by atoms with Gasteiger partial charge in [-0.05, 0) is 47.5 Å². The highest BCUT2D eigenvalue weighted by atomic mass is 35.5. The van der Waals surface area contributed by atoms with Crippen molar-refractivity contribution in [2.24, 2.45) is 0 Å². The van der Waals surface area contributed by atoms with Crippen molar-refractivity contribution in [2.75, 3.05) is 13.9 Å². The van der Waals surface area contributed by atoms with Crippen molar-refractivity contribution in [1.82, 2.24) is 5.32 Å². The van der Waals surface area contributed by atoms with Gasteiger partial charge in [-0.25, -0.2) is 0 Å². The van der Waals surface area contributed by atoms with Crippen molar-refractivity contribution < 1.29 is 23.7 Å². The molecule has 1 aliphatic heterocycles. The Balaban J connectivity index is 1.50. The van der Waals surface area contributed by atoms with Crippen LogP contribution in [0.2, 0.25) is 5.02 Å². The Morgan fingerprint density at radius 1 is 1.12 bits per heavy atom. The van der Waals surface area contributed by atoms with Crippen molar-refractivity contribution in [2.45, 2.75) is 13.2 Å². The van der Waals surface area contributed by atoms with Crippen LogP contribution in [0.25, 0.3) is 6.08 Å². The molecular weight excluding hydrogens is 456 g/mol. The Hall–Kier alpha value is -4.15. The van der Waals surface area contributed by atoms with Crippen LogP contribution in [0.5, 0.6) is 23.0 Å². The fourth-order valence-corrected chi connectivity index (χ4v) is 3.46. The number of halogens is 1. The Labute approximate surface area is 202 Å². The molecule has 8 heteroatoms. The van der Waals surface area contributed by atoms with Crippen molar-refractivity contribution in [1.29, 1.82) is 5.26 Å². The monoisotopic (exact) mass is 476 g/mol. The van der Waals surface area contributed by atoms with Gasteiger partial charge >= 0.3 is 0 Å². The van der Waals surface area contributed by atoms with E-state index in [4.69, 9.17) is 30.5 Å². The van der Waals surface area contributed by atoms with Gasteiger partial charge in [0.25, 0.3) is 5.91 Å². The lowest BCUT2D eigenvalue weighted by atomic mass is 10.1. The van der Waals surface area contributed by atoms with Gasteiger partial charge in [-0.3, -0.25) is 4.79 Å². The Morgan fingerprint density at radius 3 is 2.65 bits per heavy atom. The van der Waals surface area contributed by atoms with E-state index < -0.39 is 5.91 Å². The minimum absolute atomic E-state index is 0.0645. The smallest absolute Gasteiger partial charge is 0.262 e. The molecule has 0 aliphatic carbocycles. The lowest BCUT2D eigenvalue weighted by Crippen LogP contribution is -2.24. The maximum Gasteiger partial charge on any atom is 0.262 e. The fraction of sp³-hybridized carbons (Fsp3) is 0.154. The van der Waals surface area contributed by atoms with Crippen LogP contribution in [0.1, 0.15) is 16.7 Å². The molecule has 0 atom stereocenters. The summed E-state index contributed by atoms with van der Waals surface area (Å²) < 4.78 is 22.1. The second-order valence-corrected chi connectivity index (χ2v) is 7.77. The topological polar surface area (TPSA) is 89.8 Å². The van der Waals surface area contributed by atoms with Gasteiger partial charge in [0, 0.05) is 17.1 Å². The molecule has 0 saturated heterocycles. The standard InChI is InChI=1S/C26H21ClN2O5/c1-31-23-4-2-3-19(25(23)32-15-17-5-8-21(27)9-6-17)12-20(13-28)26(30)29-14-18-7-10-22-24(11-18)34-16-33-22/h2-12H,14-16H2,1H3,(H,29,30)/b20-12+. The second kappa shape index (κ2) is 10.6. The number of nitriles is 1. The van der Waals surface area contributed by atoms with Crippen LogP contribution in [-0.2, 0) is 17.9 Å². The van der Waals surface area contributed by atoms with Gasteiger partial charge in [-0.2, -0.15) is 5.26 Å². The lowest BCUT2D eigenvalue weighted by molar-refractivity contribution is -0.117. The van der Waals surface area contributed by atoms with E-state index in [2.05, 4.69) is 5.32 Å². The van der Waals surface area contributed by atoms with E-state index in [0.717, 1.165) is 11.1 Å². The molecule has 3 aromatic rings. The van der Waals surface area contributed by atoms with Crippen LogP contribution in [-0.4, -0.2) is 19.8 Å². The fourth-order valence-electron chi connectivity index (χ4n) is 3.33. The van der Waals surface area contributed by atoms with Gasteiger partial charge in [0.2, 0.25) is 6.79 Å². The quantitative estimate of drug-likeness (QED) is 0.368. The van der Waals surface area contributed by atoms with Crippen LogP contribution in [0.4, 0.5) is 0 Å². The van der Waals surface area contributed by atoms with E-state index in [1.165, 1.54) is 13.2 Å². The number of carbonyl (C=O) groups excluding carboxylic acids is 1. The van der Waals surface area contributed by atoms with E-state index in [0.29, 0.717) is 33.6 Å². The summed E-state index contributed by atoms with van der Waals surface area (Å²) in [5, 5.41) is 13.0. The van der Waals surface area contributed by atoms with Crippen molar-refractivity contribution in [3.05, 3.63) is 87.9 Å². The molecule has 0 spiro atoms. The number of para-hydroxylation sites is 1. The number of hydrogen-bond acceptors (Lipinski definition) is 6. The largest absolute Gasteiger partial charge is 0.493 e. The van der Waals surface area contributed by atoms with Gasteiger partial charge < -0.3 is 24.3 Å². The van der Waals surface area contributed by atoms with Gasteiger partial charge in [0.05, 0.1) is 7.11 Å². The normalized spacial score (nSPS) is 12.1. The van der Waals surface area contributed by atoms with Gasteiger partial charge in [-0.1, -0.05) is 41.9 Å². The molecule has 0 radical (unpaired) electrons. The van der Waals surface area contributed by atoms with E-state index in [9.17, 15) is 10.1 Å². The highest BCUT2D eigenvalue weighted by molar-refractivity contribution is 6.30. The predicted molar refractivity (Wildman–Crippen MR) is 127 cm³/mol. The maximum atomic E-state index is 12.7. The zero-order valence-electron chi connectivity index (χ0n) is 18.3. The molecule has 0 saturated carbocycles. The first-order valence-corrected chi connectivity index (χ1v) is 10.8. The summed E-state index contributed by atoms with van der Waals surface area (Å²) in [5.74, 6) is 1.70. The predicted octanol–water partition coefficient (Wildman–Crippen LogP) is 4.88. The third-order valence-electron chi connectivity index (χ3n) is 5.08. The lowest BCUT2D eigenvalue weighted by Gasteiger charge is -2.14. The van der Waals surface area contributed by atoms with Crippen LogP contribution in [0, 0.1) is 11.3 Å². The molecular formula is C26H21ClN2O5. The number of fused-ring (bicyclic) bond motifs is 1. The summed E-state index contributed by atoms with van der Waals surface area (Å²) in [6.45, 7) is 0.665. The van der Waals surface area contributed by atoms with Crippen molar-refractivity contribution >= 4 is 23.6 Å². The van der Waals surface area contributed by atoms with Gasteiger partial charge in [0.1, 0.15) is 18.2 Å². The minimum Gasteiger partial charge on any atom is -0.493 e. The zero-order valence-corrected chi connectivity index (χ0v) is 19.1. The zero-order chi connectivity index (χ0) is 23.9. The van der Waals surface area contributed by atoms with E-state index >= 15 is 0 Å². The van der Waals surface area contributed by atoms with Crippen molar-refractivity contribution in [3.63, 3.8) is 0 Å². The molecule has 1 heterocycles. The summed E-state index contributed by atoms with van der Waals surface area (Å²) in [5.41, 5.74) is 2.21. The van der Waals surface area contributed by atoms with Gasteiger partial charge in [0.15, 0.2) is 23.0 Å². The number of ether oxygens (including phenoxy) is 4. The molecule has 0 bridgehead atoms. The average Bonchev–Trinajstić information content (AvgIpc) is 3.33. The first-order chi connectivity index (χ1) is 16.6. The maximum absolute atomic E-state index is 12.7. The molecule has 1 amide bonds. The van der Waals surface area contributed by atoms with E-state index in [-0.39, 0.29) is 25.5 Å².